The Morgan fingerprint density at radius 1 is 0.850 bits per heavy atom. The van der Waals surface area contributed by atoms with Gasteiger partial charge in [-0.2, -0.15) is 0 Å². The third-order valence-electron chi connectivity index (χ3n) is 1.34. The summed E-state index contributed by atoms with van der Waals surface area (Å²) in [4.78, 5) is 0. The van der Waals surface area contributed by atoms with Gasteiger partial charge in [-0.3, -0.25) is 0 Å². The predicted octanol–water partition coefficient (Wildman–Crippen LogP) is 0.805. The highest BCUT2D eigenvalue weighted by atomic mass is 16.5. The number of hydrogen-bond donors (Lipinski definition) is 4. The summed E-state index contributed by atoms with van der Waals surface area (Å²) in [5.41, 5.74) is 0. The van der Waals surface area contributed by atoms with Crippen LogP contribution in [0.4, 0.5) is 0 Å². The van der Waals surface area contributed by atoms with Gasteiger partial charge in [-0.1, -0.05) is 6.92 Å². The highest BCUT2D eigenvalue weighted by Crippen LogP contribution is 1.70. The topological polar surface area (TPSA) is 99.4 Å². The highest BCUT2D eigenvalue weighted by Gasteiger charge is 1.83. The molecule has 0 aliphatic carbocycles. The standard InChI is InChI=1S/2C4H10O.2C3H8O2/c1-3-4-5-2;1-3-5-4-2;2*1-3(5)2-4/h2*3-4H2,1-2H3;2*3-5H,2H2,1H3. The first kappa shape index (κ1) is 28.0. The van der Waals surface area contributed by atoms with E-state index in [0.29, 0.717) is 0 Å². The van der Waals surface area contributed by atoms with E-state index in [9.17, 15) is 0 Å². The molecule has 6 heteroatoms. The van der Waals surface area contributed by atoms with Crippen molar-refractivity contribution in [2.45, 2.75) is 53.2 Å². The minimum atomic E-state index is -0.560. The fraction of sp³-hybridized carbons (Fsp3) is 1.00. The minimum absolute atomic E-state index is 0.139. The Morgan fingerprint density at radius 3 is 1.15 bits per heavy atom. The summed E-state index contributed by atoms with van der Waals surface area (Å²) in [6.45, 7) is 11.4. The van der Waals surface area contributed by atoms with Crippen molar-refractivity contribution < 1.29 is 29.9 Å². The normalized spacial score (nSPS) is 11.7. The van der Waals surface area contributed by atoms with Crippen LogP contribution >= 0.6 is 0 Å². The van der Waals surface area contributed by atoms with Crippen LogP contribution in [0.3, 0.4) is 0 Å². The fourth-order valence-electron chi connectivity index (χ4n) is 0.408. The van der Waals surface area contributed by atoms with Gasteiger partial charge in [0.2, 0.25) is 0 Å². The SMILES string of the molecule is CC(O)CO.CC(O)CO.CCCOC.CCOCC. The lowest BCUT2D eigenvalue weighted by atomic mass is 10.5. The molecule has 0 amide bonds. The van der Waals surface area contributed by atoms with Gasteiger partial charge in [-0.15, -0.1) is 0 Å². The quantitative estimate of drug-likeness (QED) is 0.579. The molecule has 0 fully saturated rings. The van der Waals surface area contributed by atoms with Crippen LogP contribution in [-0.2, 0) is 9.47 Å². The Bertz CT molecular complexity index is 102. The molecule has 0 radical (unpaired) electrons. The molecule has 0 aliphatic heterocycles. The lowest BCUT2D eigenvalue weighted by Gasteiger charge is -1.90. The van der Waals surface area contributed by atoms with Crippen LogP contribution in [0, 0.1) is 0 Å². The summed E-state index contributed by atoms with van der Waals surface area (Å²) in [6, 6.07) is 0. The van der Waals surface area contributed by atoms with Crippen molar-refractivity contribution in [2.75, 3.05) is 40.1 Å². The van der Waals surface area contributed by atoms with Crippen molar-refractivity contribution in [3.8, 4) is 0 Å². The van der Waals surface area contributed by atoms with Crippen LogP contribution in [0.25, 0.3) is 0 Å². The Hall–Kier alpha value is -0.240. The number of methoxy groups -OCH3 is 1. The molecule has 0 saturated carbocycles. The Balaban J connectivity index is -0.0000000853. The third kappa shape index (κ3) is 82.8. The zero-order valence-corrected chi connectivity index (χ0v) is 14.0. The van der Waals surface area contributed by atoms with Crippen molar-refractivity contribution in [1.29, 1.82) is 0 Å². The average molecular weight is 300 g/mol. The summed E-state index contributed by atoms with van der Waals surface area (Å²) >= 11 is 0. The number of rotatable bonds is 6. The van der Waals surface area contributed by atoms with E-state index in [1.165, 1.54) is 13.8 Å². The second kappa shape index (κ2) is 31.3. The molecule has 0 saturated heterocycles. The maximum atomic E-state index is 8.11. The molecule has 0 aliphatic rings. The molecule has 0 aromatic rings. The van der Waals surface area contributed by atoms with E-state index in [4.69, 9.17) is 29.9 Å². The molecule has 0 aromatic carbocycles. The summed E-state index contributed by atoms with van der Waals surface area (Å²) in [5, 5.41) is 32.0. The summed E-state index contributed by atoms with van der Waals surface area (Å²) in [5.74, 6) is 0. The van der Waals surface area contributed by atoms with Gasteiger partial charge in [0.1, 0.15) is 0 Å². The van der Waals surface area contributed by atoms with Crippen LogP contribution in [0.5, 0.6) is 0 Å². The molecular formula is C14H36O6. The molecule has 0 heterocycles. The highest BCUT2D eigenvalue weighted by molar-refractivity contribution is 4.34. The Labute approximate surface area is 124 Å². The largest absolute Gasteiger partial charge is 0.394 e. The van der Waals surface area contributed by atoms with E-state index in [1.54, 1.807) is 7.11 Å². The van der Waals surface area contributed by atoms with E-state index in [0.717, 1.165) is 26.2 Å². The maximum absolute atomic E-state index is 8.11. The monoisotopic (exact) mass is 300 g/mol. The van der Waals surface area contributed by atoms with Crippen molar-refractivity contribution in [3.63, 3.8) is 0 Å². The number of aliphatic hydroxyl groups is 4. The van der Waals surface area contributed by atoms with Crippen LogP contribution in [0.1, 0.15) is 41.0 Å². The first-order chi connectivity index (χ1) is 9.37. The molecule has 128 valence electrons. The molecule has 6 nitrogen and oxygen atoms in total. The molecule has 2 atom stereocenters. The van der Waals surface area contributed by atoms with Gasteiger partial charge in [0.05, 0.1) is 25.4 Å². The van der Waals surface area contributed by atoms with Gasteiger partial charge in [-0.05, 0) is 34.1 Å². The molecule has 0 rings (SSSR count). The molecular weight excluding hydrogens is 264 g/mol. The molecule has 20 heavy (non-hydrogen) atoms. The lowest BCUT2D eigenvalue weighted by Crippen LogP contribution is -2.03. The van der Waals surface area contributed by atoms with E-state index < -0.39 is 12.2 Å². The molecule has 0 spiro atoms. The van der Waals surface area contributed by atoms with Crippen LogP contribution in [0.2, 0.25) is 0 Å². The smallest absolute Gasteiger partial charge is 0.0742 e. The molecule has 0 bridgehead atoms. The van der Waals surface area contributed by atoms with Gasteiger partial charge >= 0.3 is 0 Å². The van der Waals surface area contributed by atoms with Gasteiger partial charge < -0.3 is 29.9 Å². The minimum Gasteiger partial charge on any atom is -0.394 e. The second-order valence-electron chi connectivity index (χ2n) is 3.84. The van der Waals surface area contributed by atoms with Crippen molar-refractivity contribution in [1.82, 2.24) is 0 Å². The van der Waals surface area contributed by atoms with Gasteiger partial charge in [0.25, 0.3) is 0 Å². The molecule has 2 unspecified atom stereocenters. The maximum Gasteiger partial charge on any atom is 0.0742 e. The zero-order valence-electron chi connectivity index (χ0n) is 14.0. The first-order valence-electron chi connectivity index (χ1n) is 7.02. The van der Waals surface area contributed by atoms with E-state index in [2.05, 4.69) is 6.92 Å². The average Bonchev–Trinajstić information content (AvgIpc) is 2.42. The lowest BCUT2D eigenvalue weighted by molar-refractivity contribution is 0.110. The summed E-state index contributed by atoms with van der Waals surface area (Å²) in [6.07, 6.45) is 0.00116. The van der Waals surface area contributed by atoms with Gasteiger partial charge in [0.15, 0.2) is 0 Å². The number of ether oxygens (including phenoxy) is 2. The fourth-order valence-corrected chi connectivity index (χ4v) is 0.408. The van der Waals surface area contributed by atoms with Crippen LogP contribution in [0.15, 0.2) is 0 Å². The summed E-state index contributed by atoms with van der Waals surface area (Å²) < 4.78 is 9.52. The molecule has 4 N–H and O–H groups in total. The Kier molecular flexibility index (Phi) is 43.8. The number of aliphatic hydroxyl groups excluding tert-OH is 4. The van der Waals surface area contributed by atoms with Crippen molar-refractivity contribution in [2.24, 2.45) is 0 Å². The van der Waals surface area contributed by atoms with Crippen molar-refractivity contribution in [3.05, 3.63) is 0 Å². The van der Waals surface area contributed by atoms with Crippen LogP contribution < -0.4 is 0 Å². The van der Waals surface area contributed by atoms with Gasteiger partial charge in [0, 0.05) is 26.9 Å². The molecule has 0 aromatic heterocycles. The van der Waals surface area contributed by atoms with Crippen molar-refractivity contribution >= 4 is 0 Å². The summed E-state index contributed by atoms with van der Waals surface area (Å²) in [7, 11) is 1.71. The second-order valence-corrected chi connectivity index (χ2v) is 3.84. The third-order valence-corrected chi connectivity index (χ3v) is 1.34. The van der Waals surface area contributed by atoms with E-state index >= 15 is 0 Å². The number of hydrogen-bond acceptors (Lipinski definition) is 6. The van der Waals surface area contributed by atoms with E-state index in [1.807, 2.05) is 13.8 Å². The van der Waals surface area contributed by atoms with Gasteiger partial charge in [-0.25, -0.2) is 0 Å². The Morgan fingerprint density at radius 2 is 1.15 bits per heavy atom. The zero-order chi connectivity index (χ0) is 16.8. The van der Waals surface area contributed by atoms with E-state index in [-0.39, 0.29) is 13.2 Å². The van der Waals surface area contributed by atoms with Crippen LogP contribution in [-0.4, -0.2) is 72.8 Å². The first-order valence-corrected chi connectivity index (χ1v) is 7.02. The predicted molar refractivity (Wildman–Crippen MR) is 81.9 cm³/mol.